The molecule has 90 valence electrons. The molecular weight excluding hydrogens is 243 g/mol. The number of aliphatic hydroxyl groups excluding tert-OH is 1. The van der Waals surface area contributed by atoms with Gasteiger partial charge in [-0.2, -0.15) is 5.10 Å². The molecule has 2 aromatic rings. The highest BCUT2D eigenvalue weighted by molar-refractivity contribution is 6.31. The average molecular weight is 255 g/mol. The van der Waals surface area contributed by atoms with Crippen molar-refractivity contribution in [1.82, 2.24) is 9.78 Å². The van der Waals surface area contributed by atoms with Crippen LogP contribution in [0, 0.1) is 5.82 Å². The van der Waals surface area contributed by atoms with Gasteiger partial charge < -0.3 is 5.11 Å². The molecule has 0 bridgehead atoms. The van der Waals surface area contributed by atoms with Gasteiger partial charge >= 0.3 is 0 Å². The minimum absolute atomic E-state index is 0.173. The summed E-state index contributed by atoms with van der Waals surface area (Å²) in [4.78, 5) is 0. The van der Waals surface area contributed by atoms with E-state index in [2.05, 4.69) is 5.10 Å². The Morgan fingerprint density at radius 2 is 2.18 bits per heavy atom. The normalized spacial score (nSPS) is 12.7. The predicted molar refractivity (Wildman–Crippen MR) is 63.3 cm³/mol. The Balaban J connectivity index is 2.23. The van der Waals surface area contributed by atoms with Gasteiger partial charge in [-0.1, -0.05) is 29.8 Å². The molecule has 1 aromatic carbocycles. The molecule has 1 atom stereocenters. The summed E-state index contributed by atoms with van der Waals surface area (Å²) in [5.41, 5.74) is 0.951. The molecule has 1 aromatic heterocycles. The fourth-order valence-corrected chi connectivity index (χ4v) is 2.06. The molecule has 0 fully saturated rings. The van der Waals surface area contributed by atoms with Gasteiger partial charge in [-0.3, -0.25) is 4.68 Å². The highest BCUT2D eigenvalue weighted by atomic mass is 35.5. The minimum Gasteiger partial charge on any atom is -0.386 e. The van der Waals surface area contributed by atoms with Crippen LogP contribution in [0.15, 0.2) is 30.5 Å². The number of hydrogen-bond donors (Lipinski definition) is 1. The SMILES string of the molecule is Cn1ncc(Cl)c1C(O)Cc1ccccc1F. The molecule has 1 N–H and O–H groups in total. The van der Waals surface area contributed by atoms with Crippen LogP contribution < -0.4 is 0 Å². The fourth-order valence-electron chi connectivity index (χ4n) is 1.76. The first-order valence-corrected chi connectivity index (χ1v) is 5.56. The van der Waals surface area contributed by atoms with Gasteiger partial charge in [-0.25, -0.2) is 4.39 Å². The molecule has 5 heteroatoms. The maximum atomic E-state index is 13.4. The molecule has 0 aliphatic heterocycles. The zero-order valence-electron chi connectivity index (χ0n) is 9.27. The smallest absolute Gasteiger partial charge is 0.126 e. The Bertz CT molecular complexity index is 507. The van der Waals surface area contributed by atoms with E-state index in [1.807, 2.05) is 0 Å². The quantitative estimate of drug-likeness (QED) is 0.914. The van der Waals surface area contributed by atoms with Gasteiger partial charge in [0, 0.05) is 13.5 Å². The lowest BCUT2D eigenvalue weighted by Crippen LogP contribution is -2.09. The van der Waals surface area contributed by atoms with Crippen LogP contribution in [-0.2, 0) is 13.5 Å². The summed E-state index contributed by atoms with van der Waals surface area (Å²) in [6.45, 7) is 0. The highest BCUT2D eigenvalue weighted by Gasteiger charge is 2.18. The lowest BCUT2D eigenvalue weighted by Gasteiger charge is -2.12. The molecule has 0 saturated carbocycles. The van der Waals surface area contributed by atoms with E-state index in [-0.39, 0.29) is 12.2 Å². The second-order valence-corrected chi connectivity index (χ2v) is 4.22. The third-order valence-corrected chi connectivity index (χ3v) is 2.92. The van der Waals surface area contributed by atoms with Crippen molar-refractivity contribution in [2.24, 2.45) is 7.05 Å². The topological polar surface area (TPSA) is 38.0 Å². The predicted octanol–water partition coefficient (Wildman–Crippen LogP) is 2.49. The molecule has 0 spiro atoms. The molecule has 0 aliphatic rings. The van der Waals surface area contributed by atoms with Gasteiger partial charge in [0.1, 0.15) is 11.9 Å². The third-order valence-electron chi connectivity index (χ3n) is 2.62. The van der Waals surface area contributed by atoms with Gasteiger partial charge in [0.25, 0.3) is 0 Å². The zero-order valence-corrected chi connectivity index (χ0v) is 10.0. The van der Waals surface area contributed by atoms with Crippen molar-refractivity contribution in [2.45, 2.75) is 12.5 Å². The van der Waals surface area contributed by atoms with E-state index in [0.29, 0.717) is 16.3 Å². The van der Waals surface area contributed by atoms with E-state index < -0.39 is 6.10 Å². The number of nitrogens with zero attached hydrogens (tertiary/aromatic N) is 2. The molecule has 2 rings (SSSR count). The number of aryl methyl sites for hydroxylation is 1. The van der Waals surface area contributed by atoms with Crippen LogP contribution in [0.1, 0.15) is 17.4 Å². The largest absolute Gasteiger partial charge is 0.386 e. The minimum atomic E-state index is -0.869. The molecule has 0 saturated heterocycles. The van der Waals surface area contributed by atoms with Crippen LogP contribution in [0.3, 0.4) is 0 Å². The van der Waals surface area contributed by atoms with Gasteiger partial charge in [0.15, 0.2) is 0 Å². The second kappa shape index (κ2) is 4.85. The van der Waals surface area contributed by atoms with Gasteiger partial charge in [-0.05, 0) is 11.6 Å². The van der Waals surface area contributed by atoms with E-state index in [0.717, 1.165) is 0 Å². The second-order valence-electron chi connectivity index (χ2n) is 3.81. The number of benzene rings is 1. The van der Waals surface area contributed by atoms with Crippen LogP contribution in [0.2, 0.25) is 5.02 Å². The van der Waals surface area contributed by atoms with E-state index in [1.165, 1.54) is 16.9 Å². The van der Waals surface area contributed by atoms with Crippen molar-refractivity contribution in [3.63, 3.8) is 0 Å². The lowest BCUT2D eigenvalue weighted by molar-refractivity contribution is 0.167. The first kappa shape index (κ1) is 12.1. The summed E-state index contributed by atoms with van der Waals surface area (Å²) >= 11 is 5.91. The van der Waals surface area contributed by atoms with E-state index >= 15 is 0 Å². The summed E-state index contributed by atoms with van der Waals surface area (Å²) in [6.07, 6.45) is 0.764. The Morgan fingerprint density at radius 1 is 1.47 bits per heavy atom. The van der Waals surface area contributed by atoms with E-state index in [9.17, 15) is 9.50 Å². The number of rotatable bonds is 3. The number of aliphatic hydroxyl groups is 1. The first-order valence-electron chi connectivity index (χ1n) is 5.18. The van der Waals surface area contributed by atoms with Crippen LogP contribution in [0.4, 0.5) is 4.39 Å². The number of hydrogen-bond acceptors (Lipinski definition) is 2. The number of halogens is 2. The molecule has 1 unspecified atom stereocenters. The van der Waals surface area contributed by atoms with Crippen molar-refractivity contribution in [1.29, 1.82) is 0 Å². The maximum absolute atomic E-state index is 13.4. The van der Waals surface area contributed by atoms with Crippen LogP contribution >= 0.6 is 11.6 Å². The molecule has 3 nitrogen and oxygen atoms in total. The van der Waals surface area contributed by atoms with Crippen LogP contribution in [-0.4, -0.2) is 14.9 Å². The Morgan fingerprint density at radius 3 is 2.76 bits per heavy atom. The highest BCUT2D eigenvalue weighted by Crippen LogP contribution is 2.25. The van der Waals surface area contributed by atoms with Crippen molar-refractivity contribution in [2.75, 3.05) is 0 Å². The van der Waals surface area contributed by atoms with Gasteiger partial charge in [-0.15, -0.1) is 0 Å². The standard InChI is InChI=1S/C12H12ClFN2O/c1-16-12(9(13)7-15-16)11(17)6-8-4-2-3-5-10(8)14/h2-5,7,11,17H,6H2,1H3. The molecule has 0 aliphatic carbocycles. The molecule has 0 amide bonds. The van der Waals surface area contributed by atoms with Crippen LogP contribution in [0.5, 0.6) is 0 Å². The molecular formula is C12H12ClFN2O. The molecule has 0 radical (unpaired) electrons. The van der Waals surface area contributed by atoms with Gasteiger partial charge in [0.05, 0.1) is 16.9 Å². The first-order chi connectivity index (χ1) is 8.09. The van der Waals surface area contributed by atoms with Crippen molar-refractivity contribution < 1.29 is 9.50 Å². The Labute approximate surface area is 103 Å². The summed E-state index contributed by atoms with van der Waals surface area (Å²) in [5, 5.41) is 14.4. The summed E-state index contributed by atoms with van der Waals surface area (Å²) < 4.78 is 14.9. The van der Waals surface area contributed by atoms with Crippen molar-refractivity contribution in [3.05, 3.63) is 52.6 Å². The third kappa shape index (κ3) is 2.48. The molecule has 1 heterocycles. The Hall–Kier alpha value is -1.39. The van der Waals surface area contributed by atoms with Crippen molar-refractivity contribution >= 4 is 11.6 Å². The van der Waals surface area contributed by atoms with E-state index in [1.54, 1.807) is 25.2 Å². The summed E-state index contributed by atoms with van der Waals surface area (Å²) in [5.74, 6) is -0.329. The van der Waals surface area contributed by atoms with Crippen LogP contribution in [0.25, 0.3) is 0 Å². The van der Waals surface area contributed by atoms with Gasteiger partial charge in [0.2, 0.25) is 0 Å². The van der Waals surface area contributed by atoms with E-state index in [4.69, 9.17) is 11.6 Å². The monoisotopic (exact) mass is 254 g/mol. The lowest BCUT2D eigenvalue weighted by atomic mass is 10.1. The van der Waals surface area contributed by atoms with Crippen molar-refractivity contribution in [3.8, 4) is 0 Å². The fraction of sp³-hybridized carbons (Fsp3) is 0.250. The summed E-state index contributed by atoms with van der Waals surface area (Å²) in [7, 11) is 1.69. The maximum Gasteiger partial charge on any atom is 0.126 e. The number of aromatic nitrogens is 2. The Kier molecular flexibility index (Phi) is 3.45. The molecule has 17 heavy (non-hydrogen) atoms. The zero-order chi connectivity index (χ0) is 12.4. The average Bonchev–Trinajstić information content (AvgIpc) is 2.62. The summed E-state index contributed by atoms with van der Waals surface area (Å²) in [6, 6.07) is 6.36.